The maximum atomic E-state index is 5.08. The third kappa shape index (κ3) is 18.7. The van der Waals surface area contributed by atoms with Gasteiger partial charge in [-0.25, -0.2) is 0 Å². The van der Waals surface area contributed by atoms with Crippen molar-refractivity contribution in [2.45, 2.75) is 25.9 Å². The van der Waals surface area contributed by atoms with Gasteiger partial charge >= 0.3 is 17.6 Å². The van der Waals surface area contributed by atoms with Crippen LogP contribution in [0.15, 0.2) is 0 Å². The van der Waals surface area contributed by atoms with E-state index >= 15 is 0 Å². The summed E-state index contributed by atoms with van der Waals surface area (Å²) in [7, 11) is 5.30. The normalized spacial score (nSPS) is 9.00. The summed E-state index contributed by atoms with van der Waals surface area (Å²) in [5.41, 5.74) is 0. The highest BCUT2D eigenvalue weighted by atomic mass is 32.1. The van der Waals surface area contributed by atoms with Crippen molar-refractivity contribution >= 4 is 85.1 Å². The van der Waals surface area contributed by atoms with E-state index in [2.05, 4.69) is 0 Å². The first kappa shape index (κ1) is 50.1. The Hall–Kier alpha value is 1.90. The monoisotopic (exact) mass is 487 g/mol. The summed E-state index contributed by atoms with van der Waals surface area (Å²) in [6, 6.07) is 1.63. The van der Waals surface area contributed by atoms with Crippen molar-refractivity contribution in [2.24, 2.45) is 0 Å². The molecular formula is C10H41NO6S5Si2. The van der Waals surface area contributed by atoms with Crippen molar-refractivity contribution in [1.29, 1.82) is 0 Å². The molecule has 0 saturated heterocycles. The van der Waals surface area contributed by atoms with E-state index in [0.717, 1.165) is 12.1 Å². The Bertz CT molecular complexity index is 154. The van der Waals surface area contributed by atoms with Gasteiger partial charge in [-0.15, -0.1) is 0 Å². The van der Waals surface area contributed by atoms with Gasteiger partial charge in [-0.1, -0.05) is 13.8 Å². The van der Waals surface area contributed by atoms with E-state index in [0.29, 0.717) is 0 Å². The van der Waals surface area contributed by atoms with Crippen molar-refractivity contribution in [3.8, 4) is 0 Å². The van der Waals surface area contributed by atoms with Crippen LogP contribution in [-0.2, 0) is 26.6 Å². The molecule has 0 rings (SSSR count). The molecule has 0 atom stereocenters. The van der Waals surface area contributed by atoms with Crippen LogP contribution >= 0.6 is 67.5 Å². The van der Waals surface area contributed by atoms with E-state index < -0.39 is 17.6 Å². The second-order valence-corrected chi connectivity index (χ2v) is 9.89. The molecule has 0 aliphatic heterocycles. The van der Waals surface area contributed by atoms with Gasteiger partial charge in [0.2, 0.25) is 0 Å². The average molecular weight is 488 g/mol. The minimum Gasteiger partial charge on any atom is -0.377 e. The first-order chi connectivity index (χ1) is 8.49. The molecule has 0 bridgehead atoms. The van der Waals surface area contributed by atoms with E-state index in [1.165, 1.54) is 0 Å². The van der Waals surface area contributed by atoms with E-state index in [4.69, 9.17) is 26.6 Å². The van der Waals surface area contributed by atoms with Crippen LogP contribution in [0.2, 0.25) is 12.1 Å². The lowest BCUT2D eigenvalue weighted by molar-refractivity contribution is 0.124. The first-order valence-corrected chi connectivity index (χ1v) is 9.66. The maximum absolute atomic E-state index is 5.08. The van der Waals surface area contributed by atoms with Crippen LogP contribution in [0, 0.1) is 0 Å². The van der Waals surface area contributed by atoms with Gasteiger partial charge in [0.15, 0.2) is 0 Å². The minimum absolute atomic E-state index is 0. The Morgan fingerprint density at radius 3 is 0.583 bits per heavy atom. The summed E-state index contributed by atoms with van der Waals surface area (Å²) < 4.78 is 30.5. The molecule has 0 aliphatic rings. The lowest BCUT2D eigenvalue weighted by Gasteiger charge is -2.22. The van der Waals surface area contributed by atoms with Gasteiger partial charge in [0.1, 0.15) is 0 Å². The molecule has 0 aromatic heterocycles. The lowest BCUT2D eigenvalue weighted by Crippen LogP contribution is -2.41. The number of hydrogen-bond acceptors (Lipinski definition) is 7. The highest BCUT2D eigenvalue weighted by Crippen LogP contribution is 2.10. The fraction of sp³-hybridized carbons (Fsp3) is 1.00. The molecule has 160 valence electrons. The molecule has 7 nitrogen and oxygen atoms in total. The van der Waals surface area contributed by atoms with E-state index in [1.807, 2.05) is 13.8 Å². The van der Waals surface area contributed by atoms with E-state index in [-0.39, 0.29) is 73.6 Å². The summed E-state index contributed by atoms with van der Waals surface area (Å²) >= 11 is 0. The third-order valence-electron chi connectivity index (χ3n) is 2.73. The van der Waals surface area contributed by atoms with E-state index in [9.17, 15) is 0 Å². The van der Waals surface area contributed by atoms with Crippen molar-refractivity contribution in [1.82, 2.24) is 6.15 Å². The Morgan fingerprint density at radius 1 is 0.458 bits per heavy atom. The lowest BCUT2D eigenvalue weighted by atomic mass is 11.0. The van der Waals surface area contributed by atoms with Gasteiger partial charge in [-0.05, 0) is 0 Å². The fourth-order valence-corrected chi connectivity index (χ4v) is 4.10. The summed E-state index contributed by atoms with van der Waals surface area (Å²) in [6.45, 7) is 3.98. The summed E-state index contributed by atoms with van der Waals surface area (Å²) in [5.74, 6) is 0. The second-order valence-electron chi connectivity index (χ2n) is 3.30. The largest absolute Gasteiger partial charge is 0.499 e. The Balaban J connectivity index is -0.0000000284. The molecular weight excluding hydrogens is 447 g/mol. The van der Waals surface area contributed by atoms with Crippen LogP contribution in [-0.4, -0.2) is 60.3 Å². The van der Waals surface area contributed by atoms with Crippen molar-refractivity contribution in [3.05, 3.63) is 0 Å². The summed E-state index contributed by atoms with van der Waals surface area (Å²) in [6.07, 6.45) is 0. The SMILES string of the molecule is CC[Si](OC)(OC)OC.CC[Si](OC)(OC)OC.N.S.S.S.S.S. The molecule has 0 fully saturated rings. The van der Waals surface area contributed by atoms with Crippen molar-refractivity contribution < 1.29 is 26.6 Å². The molecule has 0 aromatic rings. The predicted molar refractivity (Wildman–Crippen MR) is 131 cm³/mol. The molecule has 0 spiro atoms. The highest BCUT2D eigenvalue weighted by molar-refractivity contribution is 7.60. The zero-order chi connectivity index (χ0) is 14.7. The number of hydrogen-bond donors (Lipinski definition) is 1. The quantitative estimate of drug-likeness (QED) is 0.526. The zero-order valence-corrected chi connectivity index (χ0v) is 23.1. The Kier molecular flexibility index (Phi) is 61.9. The molecule has 0 aromatic carbocycles. The highest BCUT2D eigenvalue weighted by Gasteiger charge is 2.35. The molecule has 0 aliphatic carbocycles. The molecule has 0 radical (unpaired) electrons. The molecule has 24 heavy (non-hydrogen) atoms. The third-order valence-corrected chi connectivity index (χ3v) is 8.20. The van der Waals surface area contributed by atoms with Crippen molar-refractivity contribution in [2.75, 3.05) is 42.7 Å². The second kappa shape index (κ2) is 29.7. The van der Waals surface area contributed by atoms with Crippen LogP contribution in [0.4, 0.5) is 0 Å². The van der Waals surface area contributed by atoms with Gasteiger partial charge in [-0.2, -0.15) is 67.5 Å². The van der Waals surface area contributed by atoms with Crippen molar-refractivity contribution in [3.63, 3.8) is 0 Å². The number of rotatable bonds is 8. The molecule has 0 unspecified atom stereocenters. The van der Waals surface area contributed by atoms with E-state index in [1.54, 1.807) is 42.7 Å². The van der Waals surface area contributed by atoms with Gasteiger partial charge in [-0.3, -0.25) is 0 Å². The van der Waals surface area contributed by atoms with Crippen LogP contribution in [0.3, 0.4) is 0 Å². The summed E-state index contributed by atoms with van der Waals surface area (Å²) in [5, 5.41) is 0. The smallest absolute Gasteiger partial charge is 0.377 e. The minimum atomic E-state index is -2.19. The van der Waals surface area contributed by atoms with Gasteiger partial charge < -0.3 is 32.7 Å². The molecule has 0 amide bonds. The Labute approximate surface area is 185 Å². The summed E-state index contributed by atoms with van der Waals surface area (Å²) in [4.78, 5) is 0. The average Bonchev–Trinajstić information content (AvgIpc) is 2.46. The van der Waals surface area contributed by atoms with Crippen LogP contribution in [0.5, 0.6) is 0 Å². The topological polar surface area (TPSA) is 90.4 Å². The first-order valence-electron chi connectivity index (χ1n) is 5.80. The standard InChI is InChI=1S/2C5H14O3Si.H3N.5H2S/c2*1-5-9(6-2,7-3)8-4;;;;;;/h2*5H2,1-4H3;1H3;5*1H2. The molecule has 14 heteroatoms. The maximum Gasteiger partial charge on any atom is 0.499 e. The molecule has 3 N–H and O–H groups in total. The van der Waals surface area contributed by atoms with Gasteiger partial charge in [0.05, 0.1) is 0 Å². The van der Waals surface area contributed by atoms with Gasteiger partial charge in [0.25, 0.3) is 0 Å². The zero-order valence-electron chi connectivity index (χ0n) is 16.1. The van der Waals surface area contributed by atoms with Crippen LogP contribution in [0.25, 0.3) is 0 Å². The van der Waals surface area contributed by atoms with Crippen LogP contribution in [0.1, 0.15) is 13.8 Å². The van der Waals surface area contributed by atoms with Crippen LogP contribution < -0.4 is 6.15 Å². The molecule has 0 saturated carbocycles. The molecule has 0 heterocycles. The van der Waals surface area contributed by atoms with Gasteiger partial charge in [0, 0.05) is 54.7 Å². The fourth-order valence-electron chi connectivity index (χ4n) is 1.37. The predicted octanol–water partition coefficient (Wildman–Crippen LogP) is 2.49. The Morgan fingerprint density at radius 2 is 0.583 bits per heavy atom.